The van der Waals surface area contributed by atoms with Crippen LogP contribution in [0.2, 0.25) is 0 Å². The summed E-state index contributed by atoms with van der Waals surface area (Å²) in [4.78, 5) is 22.1. The van der Waals surface area contributed by atoms with E-state index >= 15 is 0 Å². The molecule has 0 heterocycles. The molecule has 2 N–H and O–H groups in total. The molecule has 0 aliphatic heterocycles. The fourth-order valence-corrected chi connectivity index (χ4v) is 1.68. The summed E-state index contributed by atoms with van der Waals surface area (Å²) in [5.41, 5.74) is -0.260. The Labute approximate surface area is 115 Å². The first-order valence-corrected chi connectivity index (χ1v) is 6.34. The van der Waals surface area contributed by atoms with Crippen LogP contribution in [0.4, 0.5) is 8.78 Å². The fraction of sp³-hybridized carbons (Fsp3) is 0.429. The summed E-state index contributed by atoms with van der Waals surface area (Å²) >= 11 is 0. The molecule has 0 bridgehead atoms. The first-order valence-electron chi connectivity index (χ1n) is 6.34. The molecule has 110 valence electrons. The number of carboxylic acid groups (broad SMARTS) is 1. The number of carbonyl (C=O) groups excluding carboxylic acids is 1. The van der Waals surface area contributed by atoms with E-state index in [9.17, 15) is 18.4 Å². The third-order valence-electron chi connectivity index (χ3n) is 2.96. The molecule has 1 aromatic carbocycles. The molecule has 1 rings (SSSR count). The average molecular weight is 285 g/mol. The zero-order chi connectivity index (χ0) is 15.1. The number of nitrogens with one attached hydrogen (secondary N) is 1. The van der Waals surface area contributed by atoms with E-state index < -0.39 is 29.4 Å². The number of hydrogen-bond acceptors (Lipinski definition) is 2. The molecule has 1 atom stereocenters. The lowest BCUT2D eigenvalue weighted by Crippen LogP contribution is -2.27. The SMILES string of the molecule is CC(CCCNC(=O)Cc1c(F)cccc1F)C(=O)O. The Morgan fingerprint density at radius 1 is 1.30 bits per heavy atom. The molecular formula is C14H17F2NO3. The zero-order valence-electron chi connectivity index (χ0n) is 11.2. The topological polar surface area (TPSA) is 66.4 Å². The standard InChI is InChI=1S/C14H17F2NO3/c1-9(14(19)20)4-3-7-17-13(18)8-10-11(15)5-2-6-12(10)16/h2,5-6,9H,3-4,7-8H2,1H3,(H,17,18)(H,19,20). The first-order chi connectivity index (χ1) is 9.41. The van der Waals surface area contributed by atoms with E-state index in [0.717, 1.165) is 12.1 Å². The lowest BCUT2D eigenvalue weighted by molar-refractivity contribution is -0.141. The highest BCUT2D eigenvalue weighted by Crippen LogP contribution is 2.12. The highest BCUT2D eigenvalue weighted by molar-refractivity contribution is 5.78. The molecular weight excluding hydrogens is 268 g/mol. The molecule has 0 fully saturated rings. The Morgan fingerprint density at radius 3 is 2.45 bits per heavy atom. The molecule has 0 aromatic heterocycles. The van der Waals surface area contributed by atoms with Crippen molar-refractivity contribution in [2.45, 2.75) is 26.2 Å². The van der Waals surface area contributed by atoms with Gasteiger partial charge in [0.2, 0.25) is 5.91 Å². The van der Waals surface area contributed by atoms with Gasteiger partial charge < -0.3 is 10.4 Å². The highest BCUT2D eigenvalue weighted by Gasteiger charge is 2.13. The van der Waals surface area contributed by atoms with Crippen molar-refractivity contribution < 1.29 is 23.5 Å². The smallest absolute Gasteiger partial charge is 0.306 e. The monoisotopic (exact) mass is 285 g/mol. The Kier molecular flexibility index (Phi) is 6.09. The second-order valence-electron chi connectivity index (χ2n) is 4.61. The van der Waals surface area contributed by atoms with Crippen molar-refractivity contribution in [3.8, 4) is 0 Å². The van der Waals surface area contributed by atoms with E-state index in [1.54, 1.807) is 6.92 Å². The second-order valence-corrected chi connectivity index (χ2v) is 4.61. The normalized spacial score (nSPS) is 11.9. The van der Waals surface area contributed by atoms with Crippen molar-refractivity contribution >= 4 is 11.9 Å². The van der Waals surface area contributed by atoms with Crippen molar-refractivity contribution in [1.29, 1.82) is 0 Å². The molecule has 20 heavy (non-hydrogen) atoms. The summed E-state index contributed by atoms with van der Waals surface area (Å²) in [7, 11) is 0. The van der Waals surface area contributed by atoms with Crippen LogP contribution in [0.15, 0.2) is 18.2 Å². The van der Waals surface area contributed by atoms with Gasteiger partial charge in [0.05, 0.1) is 12.3 Å². The number of halogens is 2. The molecule has 6 heteroatoms. The van der Waals surface area contributed by atoms with Crippen molar-refractivity contribution in [2.75, 3.05) is 6.54 Å². The summed E-state index contributed by atoms with van der Waals surface area (Å²) in [6.07, 6.45) is 0.565. The van der Waals surface area contributed by atoms with E-state index in [-0.39, 0.29) is 18.5 Å². The number of hydrogen-bond donors (Lipinski definition) is 2. The van der Waals surface area contributed by atoms with Crippen molar-refractivity contribution in [3.05, 3.63) is 35.4 Å². The van der Waals surface area contributed by atoms with Crippen LogP contribution in [-0.4, -0.2) is 23.5 Å². The average Bonchev–Trinajstić information content (AvgIpc) is 2.38. The fourth-order valence-electron chi connectivity index (χ4n) is 1.68. The summed E-state index contributed by atoms with van der Waals surface area (Å²) < 4.78 is 26.6. The van der Waals surface area contributed by atoms with Gasteiger partial charge in [-0.25, -0.2) is 8.78 Å². The quantitative estimate of drug-likeness (QED) is 0.754. The van der Waals surface area contributed by atoms with Crippen LogP contribution in [0.1, 0.15) is 25.3 Å². The van der Waals surface area contributed by atoms with Gasteiger partial charge in [-0.3, -0.25) is 9.59 Å². The Morgan fingerprint density at radius 2 is 1.90 bits per heavy atom. The second kappa shape index (κ2) is 7.57. The maximum atomic E-state index is 13.3. The van der Waals surface area contributed by atoms with Crippen LogP contribution in [0.3, 0.4) is 0 Å². The minimum absolute atomic E-state index is 0.260. The summed E-state index contributed by atoms with van der Waals surface area (Å²) in [5, 5.41) is 11.2. The molecule has 1 aromatic rings. The molecule has 0 spiro atoms. The predicted molar refractivity (Wildman–Crippen MR) is 69.1 cm³/mol. The summed E-state index contributed by atoms with van der Waals surface area (Å²) in [6, 6.07) is 3.43. The number of rotatable bonds is 7. The predicted octanol–water partition coefficient (Wildman–Crippen LogP) is 2.12. The number of carbonyl (C=O) groups is 2. The number of amides is 1. The van der Waals surface area contributed by atoms with Crippen LogP contribution in [0, 0.1) is 17.6 Å². The molecule has 0 saturated carbocycles. The molecule has 1 unspecified atom stereocenters. The largest absolute Gasteiger partial charge is 0.481 e. The zero-order valence-corrected chi connectivity index (χ0v) is 11.2. The van der Waals surface area contributed by atoms with Gasteiger partial charge in [-0.2, -0.15) is 0 Å². The van der Waals surface area contributed by atoms with Gasteiger partial charge in [0.25, 0.3) is 0 Å². The minimum atomic E-state index is -0.884. The number of carboxylic acids is 1. The van der Waals surface area contributed by atoms with E-state index in [1.165, 1.54) is 6.07 Å². The maximum absolute atomic E-state index is 13.3. The van der Waals surface area contributed by atoms with Gasteiger partial charge in [-0.1, -0.05) is 13.0 Å². The minimum Gasteiger partial charge on any atom is -0.481 e. The summed E-state index contributed by atoms with van der Waals surface area (Å²) in [6.45, 7) is 1.87. The molecule has 0 radical (unpaired) electrons. The maximum Gasteiger partial charge on any atom is 0.306 e. The Hall–Kier alpha value is -1.98. The van der Waals surface area contributed by atoms with Crippen molar-refractivity contribution in [3.63, 3.8) is 0 Å². The van der Waals surface area contributed by atoms with Crippen molar-refractivity contribution in [2.24, 2.45) is 5.92 Å². The van der Waals surface area contributed by atoms with Crippen LogP contribution < -0.4 is 5.32 Å². The molecule has 0 aliphatic rings. The third kappa shape index (κ3) is 4.95. The molecule has 0 saturated heterocycles. The molecule has 0 aliphatic carbocycles. The molecule has 1 amide bonds. The van der Waals surface area contributed by atoms with E-state index in [1.807, 2.05) is 0 Å². The van der Waals surface area contributed by atoms with Crippen LogP contribution in [0.25, 0.3) is 0 Å². The van der Waals surface area contributed by atoms with E-state index in [4.69, 9.17) is 5.11 Å². The molecule has 4 nitrogen and oxygen atoms in total. The lowest BCUT2D eigenvalue weighted by atomic mass is 10.1. The van der Waals surface area contributed by atoms with Gasteiger partial charge >= 0.3 is 5.97 Å². The van der Waals surface area contributed by atoms with Crippen LogP contribution in [-0.2, 0) is 16.0 Å². The first kappa shape index (κ1) is 16.1. The Balaban J connectivity index is 2.36. The van der Waals surface area contributed by atoms with Crippen LogP contribution >= 0.6 is 0 Å². The highest BCUT2D eigenvalue weighted by atomic mass is 19.1. The van der Waals surface area contributed by atoms with Gasteiger partial charge in [0.15, 0.2) is 0 Å². The van der Waals surface area contributed by atoms with Gasteiger partial charge in [0.1, 0.15) is 11.6 Å². The lowest BCUT2D eigenvalue weighted by Gasteiger charge is -2.08. The number of benzene rings is 1. The van der Waals surface area contributed by atoms with Gasteiger partial charge in [-0.05, 0) is 25.0 Å². The van der Waals surface area contributed by atoms with Gasteiger partial charge in [-0.15, -0.1) is 0 Å². The van der Waals surface area contributed by atoms with E-state index in [0.29, 0.717) is 12.8 Å². The Bertz CT molecular complexity index is 471. The number of aliphatic carboxylic acids is 1. The third-order valence-corrected chi connectivity index (χ3v) is 2.96. The van der Waals surface area contributed by atoms with E-state index in [2.05, 4.69) is 5.32 Å². The van der Waals surface area contributed by atoms with Crippen LogP contribution in [0.5, 0.6) is 0 Å². The van der Waals surface area contributed by atoms with Gasteiger partial charge in [0, 0.05) is 12.1 Å². The summed E-state index contributed by atoms with van der Waals surface area (Å²) in [5.74, 6) is -3.35. The van der Waals surface area contributed by atoms with Crippen molar-refractivity contribution in [1.82, 2.24) is 5.32 Å².